The van der Waals surface area contributed by atoms with Gasteiger partial charge in [-0.1, -0.05) is 12.1 Å². The van der Waals surface area contributed by atoms with Crippen molar-refractivity contribution in [1.29, 1.82) is 0 Å². The Labute approximate surface area is 123 Å². The largest absolute Gasteiger partial charge is 0.325 e. The highest BCUT2D eigenvalue weighted by atomic mass is 35.5. The SMILES string of the molecule is Cl.NC12CC3c4c(F)cccc4C4CC(F)(C1)CC43C2. The first-order chi connectivity index (χ1) is 8.95. The molecule has 3 bridgehead atoms. The lowest BCUT2D eigenvalue weighted by Crippen LogP contribution is -2.47. The van der Waals surface area contributed by atoms with Gasteiger partial charge >= 0.3 is 0 Å². The Hall–Kier alpha value is -0.670. The van der Waals surface area contributed by atoms with Crippen molar-refractivity contribution in [3.8, 4) is 0 Å². The monoisotopic (exact) mass is 297 g/mol. The number of hydrogen-bond donors (Lipinski definition) is 1. The van der Waals surface area contributed by atoms with Crippen molar-refractivity contribution in [2.24, 2.45) is 11.1 Å². The van der Waals surface area contributed by atoms with Crippen molar-refractivity contribution in [2.45, 2.75) is 55.1 Å². The van der Waals surface area contributed by atoms with Gasteiger partial charge in [-0.3, -0.25) is 0 Å². The van der Waals surface area contributed by atoms with Gasteiger partial charge in [-0.15, -0.1) is 12.4 Å². The second kappa shape index (κ2) is 3.38. The quantitative estimate of drug-likeness (QED) is 0.774. The fourth-order valence-corrected chi connectivity index (χ4v) is 6.30. The van der Waals surface area contributed by atoms with Crippen LogP contribution in [0.25, 0.3) is 0 Å². The molecule has 0 amide bonds. The van der Waals surface area contributed by atoms with E-state index in [0.717, 1.165) is 24.0 Å². The molecule has 4 aliphatic rings. The van der Waals surface area contributed by atoms with E-state index in [2.05, 4.69) is 0 Å². The predicted molar refractivity (Wildman–Crippen MR) is 75.4 cm³/mol. The molecule has 2 N–H and O–H groups in total. The van der Waals surface area contributed by atoms with Crippen molar-refractivity contribution in [3.63, 3.8) is 0 Å². The summed E-state index contributed by atoms with van der Waals surface area (Å²) in [5.41, 5.74) is 6.80. The molecular weight excluding hydrogens is 280 g/mol. The minimum absolute atomic E-state index is 0. The Morgan fingerprint density at radius 3 is 2.70 bits per heavy atom. The van der Waals surface area contributed by atoms with Gasteiger partial charge in [0.2, 0.25) is 0 Å². The van der Waals surface area contributed by atoms with E-state index in [1.165, 1.54) is 0 Å². The van der Waals surface area contributed by atoms with E-state index in [-0.39, 0.29) is 35.5 Å². The summed E-state index contributed by atoms with van der Waals surface area (Å²) >= 11 is 0. The average molecular weight is 298 g/mol. The van der Waals surface area contributed by atoms with Gasteiger partial charge in [-0.05, 0) is 66.5 Å². The molecule has 5 atom stereocenters. The Morgan fingerprint density at radius 1 is 1.10 bits per heavy atom. The zero-order chi connectivity index (χ0) is 13.0. The summed E-state index contributed by atoms with van der Waals surface area (Å²) in [6.45, 7) is 0. The zero-order valence-corrected chi connectivity index (χ0v) is 12.0. The van der Waals surface area contributed by atoms with E-state index in [0.29, 0.717) is 19.3 Å². The lowest BCUT2D eigenvalue weighted by molar-refractivity contribution is 0.0712. The number of alkyl halides is 1. The molecule has 0 heterocycles. The van der Waals surface area contributed by atoms with Crippen LogP contribution in [0.1, 0.15) is 55.1 Å². The molecule has 4 aliphatic carbocycles. The van der Waals surface area contributed by atoms with Crippen LogP contribution in [-0.4, -0.2) is 11.2 Å². The van der Waals surface area contributed by atoms with E-state index in [1.54, 1.807) is 12.1 Å². The molecule has 0 radical (unpaired) electrons. The second-order valence-electron chi connectivity index (χ2n) is 7.53. The fourth-order valence-electron chi connectivity index (χ4n) is 6.30. The fraction of sp³-hybridized carbons (Fsp3) is 0.625. The van der Waals surface area contributed by atoms with Crippen LogP contribution in [0, 0.1) is 11.2 Å². The van der Waals surface area contributed by atoms with Gasteiger partial charge in [0, 0.05) is 5.54 Å². The normalized spacial score (nSPS) is 50.0. The standard InChI is InChI=1S/C16H17F2N.ClH/c17-12-3-1-2-9-10-4-14(18)6-15(19)5-11(13(9)12)16(10,7-14)8-15;/h1-3,10-11H,4-8,19H2;1H. The summed E-state index contributed by atoms with van der Waals surface area (Å²) in [5, 5.41) is 0. The summed E-state index contributed by atoms with van der Waals surface area (Å²) in [5.74, 6) is 0.242. The van der Waals surface area contributed by atoms with Gasteiger partial charge in [-0.25, -0.2) is 8.78 Å². The summed E-state index contributed by atoms with van der Waals surface area (Å²) in [6.07, 6.45) is 3.28. The van der Waals surface area contributed by atoms with E-state index in [1.807, 2.05) is 6.07 Å². The van der Waals surface area contributed by atoms with Crippen LogP contribution in [0.2, 0.25) is 0 Å². The molecule has 5 unspecified atom stereocenters. The van der Waals surface area contributed by atoms with Crippen LogP contribution in [0.3, 0.4) is 0 Å². The smallest absolute Gasteiger partial charge is 0.126 e. The summed E-state index contributed by atoms with van der Waals surface area (Å²) in [4.78, 5) is 0. The van der Waals surface area contributed by atoms with Crippen molar-refractivity contribution < 1.29 is 8.78 Å². The molecule has 4 heteroatoms. The highest BCUT2D eigenvalue weighted by Gasteiger charge is 2.73. The second-order valence-corrected chi connectivity index (χ2v) is 7.53. The molecule has 1 spiro atoms. The lowest BCUT2D eigenvalue weighted by Gasteiger charge is -2.38. The highest BCUT2D eigenvalue weighted by Crippen LogP contribution is 2.78. The van der Waals surface area contributed by atoms with E-state index >= 15 is 4.39 Å². The molecule has 3 fully saturated rings. The van der Waals surface area contributed by atoms with Gasteiger partial charge < -0.3 is 5.73 Å². The number of benzene rings is 1. The Morgan fingerprint density at radius 2 is 1.90 bits per heavy atom. The van der Waals surface area contributed by atoms with Crippen LogP contribution in [0.15, 0.2) is 18.2 Å². The molecule has 1 aromatic rings. The third kappa shape index (κ3) is 1.23. The third-order valence-electron chi connectivity index (χ3n) is 6.38. The van der Waals surface area contributed by atoms with Crippen molar-refractivity contribution >= 4 is 12.4 Å². The van der Waals surface area contributed by atoms with Gasteiger partial charge in [0.25, 0.3) is 0 Å². The molecule has 20 heavy (non-hydrogen) atoms. The van der Waals surface area contributed by atoms with Crippen molar-refractivity contribution in [3.05, 3.63) is 35.1 Å². The Balaban J connectivity index is 0.00000106. The first kappa shape index (κ1) is 13.0. The minimum Gasteiger partial charge on any atom is -0.325 e. The first-order valence-corrected chi connectivity index (χ1v) is 7.21. The topological polar surface area (TPSA) is 26.0 Å². The number of halogens is 3. The highest BCUT2D eigenvalue weighted by molar-refractivity contribution is 5.85. The number of nitrogens with two attached hydrogens (primary N) is 1. The summed E-state index contributed by atoms with van der Waals surface area (Å²) in [6, 6.07) is 5.33. The zero-order valence-electron chi connectivity index (χ0n) is 11.2. The summed E-state index contributed by atoms with van der Waals surface area (Å²) < 4.78 is 29.3. The van der Waals surface area contributed by atoms with E-state index in [9.17, 15) is 4.39 Å². The lowest BCUT2D eigenvalue weighted by atomic mass is 9.69. The van der Waals surface area contributed by atoms with Gasteiger partial charge in [0.1, 0.15) is 11.5 Å². The average Bonchev–Trinajstić information content (AvgIpc) is 2.76. The van der Waals surface area contributed by atoms with Crippen LogP contribution in [0.4, 0.5) is 8.78 Å². The van der Waals surface area contributed by atoms with Crippen molar-refractivity contribution in [2.75, 3.05) is 0 Å². The molecule has 0 aliphatic heterocycles. The molecular formula is C16H18ClF2N. The predicted octanol–water partition coefficient (Wildman–Crippen LogP) is 3.81. The summed E-state index contributed by atoms with van der Waals surface area (Å²) in [7, 11) is 0. The first-order valence-electron chi connectivity index (χ1n) is 7.21. The van der Waals surface area contributed by atoms with Gasteiger partial charge in [-0.2, -0.15) is 0 Å². The third-order valence-corrected chi connectivity index (χ3v) is 6.38. The molecule has 3 saturated carbocycles. The number of hydrogen-bond acceptors (Lipinski definition) is 1. The van der Waals surface area contributed by atoms with Gasteiger partial charge in [0.15, 0.2) is 0 Å². The number of rotatable bonds is 0. The van der Waals surface area contributed by atoms with E-state index < -0.39 is 11.2 Å². The maximum atomic E-state index is 15.0. The minimum atomic E-state index is -1.10. The van der Waals surface area contributed by atoms with Crippen LogP contribution >= 0.6 is 12.4 Å². The van der Waals surface area contributed by atoms with Gasteiger partial charge in [0.05, 0.1) is 0 Å². The maximum Gasteiger partial charge on any atom is 0.126 e. The molecule has 0 saturated heterocycles. The maximum absolute atomic E-state index is 15.0. The van der Waals surface area contributed by atoms with Crippen LogP contribution < -0.4 is 5.73 Å². The molecule has 1 aromatic carbocycles. The molecule has 5 rings (SSSR count). The van der Waals surface area contributed by atoms with Crippen LogP contribution in [-0.2, 0) is 0 Å². The molecule has 0 aromatic heterocycles. The Bertz CT molecular complexity index is 616. The van der Waals surface area contributed by atoms with E-state index in [4.69, 9.17) is 5.73 Å². The van der Waals surface area contributed by atoms with Crippen LogP contribution in [0.5, 0.6) is 0 Å². The Kier molecular flexibility index (Phi) is 2.20. The molecule has 108 valence electrons. The van der Waals surface area contributed by atoms with Crippen molar-refractivity contribution in [1.82, 2.24) is 0 Å². The molecule has 1 nitrogen and oxygen atoms in total. The number of fused-ring (bicyclic) bond motifs is 5.